The number of carbonyl (C=O) groups excluding carboxylic acids is 2. The summed E-state index contributed by atoms with van der Waals surface area (Å²) in [5.41, 5.74) is 1.63. The molecule has 3 rings (SSSR count). The molecule has 1 fully saturated rings. The van der Waals surface area contributed by atoms with Crippen molar-refractivity contribution in [2.24, 2.45) is 0 Å². The van der Waals surface area contributed by atoms with Gasteiger partial charge in [0.1, 0.15) is 6.54 Å². The van der Waals surface area contributed by atoms with Crippen LogP contribution in [0, 0.1) is 0 Å². The molecule has 0 saturated carbocycles. The molecule has 2 heterocycles. The van der Waals surface area contributed by atoms with E-state index in [1.165, 1.54) is 11.8 Å². The highest BCUT2D eigenvalue weighted by molar-refractivity contribution is 5.98. The minimum absolute atomic E-state index is 0.0265. The molecule has 1 saturated heterocycles. The van der Waals surface area contributed by atoms with Crippen LogP contribution in [0.15, 0.2) is 30.5 Å². The Balaban J connectivity index is 1.70. The van der Waals surface area contributed by atoms with Gasteiger partial charge in [0.05, 0.1) is 0 Å². The summed E-state index contributed by atoms with van der Waals surface area (Å²) in [6.45, 7) is 2.22. The lowest BCUT2D eigenvalue weighted by Gasteiger charge is -2.28. The van der Waals surface area contributed by atoms with Gasteiger partial charge in [-0.05, 0) is 43.5 Å². The first-order chi connectivity index (χ1) is 12.5. The number of nitrogens with one attached hydrogen (secondary N) is 1. The molecule has 1 aromatic carbocycles. The Morgan fingerprint density at radius 2 is 2.04 bits per heavy atom. The Morgan fingerprint density at radius 3 is 2.77 bits per heavy atom. The first-order valence-electron chi connectivity index (χ1n) is 8.81. The number of hydrogen-bond donors (Lipinski definition) is 2. The van der Waals surface area contributed by atoms with E-state index in [2.05, 4.69) is 4.98 Å². The molecule has 1 aliphatic heterocycles. The zero-order valence-electron chi connectivity index (χ0n) is 14.8. The summed E-state index contributed by atoms with van der Waals surface area (Å²) in [4.78, 5) is 42.0. The van der Waals surface area contributed by atoms with Crippen LogP contribution in [0.1, 0.15) is 36.5 Å². The van der Waals surface area contributed by atoms with Crippen molar-refractivity contribution >= 4 is 28.7 Å². The average Bonchev–Trinajstić information content (AvgIpc) is 2.94. The fraction of sp³-hybridized carbons (Fsp3) is 0.421. The second-order valence-electron chi connectivity index (χ2n) is 6.70. The van der Waals surface area contributed by atoms with Crippen LogP contribution in [0.4, 0.5) is 0 Å². The van der Waals surface area contributed by atoms with Gasteiger partial charge < -0.3 is 19.9 Å². The third-order valence-electron chi connectivity index (χ3n) is 4.94. The second kappa shape index (κ2) is 7.59. The number of carboxylic acid groups (broad SMARTS) is 1. The Bertz CT molecular complexity index is 829. The van der Waals surface area contributed by atoms with Crippen molar-refractivity contribution < 1.29 is 19.5 Å². The lowest BCUT2D eigenvalue weighted by atomic mass is 10.1. The predicted octanol–water partition coefficient (Wildman–Crippen LogP) is 2.10. The lowest BCUT2D eigenvalue weighted by Crippen LogP contribution is -2.43. The van der Waals surface area contributed by atoms with Crippen LogP contribution in [0.2, 0.25) is 0 Å². The monoisotopic (exact) mass is 357 g/mol. The number of H-pyrrole nitrogens is 1. The molecule has 2 N–H and O–H groups in total. The standard InChI is InChI=1S/C19H23N3O4/c1-13(23)22(12-18(24)25)16-3-2-9-21(10-7-16)19(26)15-4-5-17-14(11-15)6-8-20-17/h4-6,8,11,16,20H,2-3,7,9-10,12H2,1H3,(H,24,25). The lowest BCUT2D eigenvalue weighted by molar-refractivity contribution is -0.145. The van der Waals surface area contributed by atoms with Gasteiger partial charge in [-0.1, -0.05) is 0 Å². The molecule has 7 heteroatoms. The first kappa shape index (κ1) is 18.0. The van der Waals surface area contributed by atoms with Gasteiger partial charge in [-0.2, -0.15) is 0 Å². The topological polar surface area (TPSA) is 93.7 Å². The van der Waals surface area contributed by atoms with Crippen molar-refractivity contribution in [3.63, 3.8) is 0 Å². The fourth-order valence-electron chi connectivity index (χ4n) is 3.61. The smallest absolute Gasteiger partial charge is 0.323 e. The predicted molar refractivity (Wildman–Crippen MR) is 96.9 cm³/mol. The highest BCUT2D eigenvalue weighted by Gasteiger charge is 2.28. The summed E-state index contributed by atoms with van der Waals surface area (Å²) in [6, 6.07) is 7.38. The van der Waals surface area contributed by atoms with Crippen LogP contribution in [0.25, 0.3) is 10.9 Å². The molecule has 0 radical (unpaired) electrons. The molecule has 1 unspecified atom stereocenters. The maximum absolute atomic E-state index is 12.8. The number of aromatic nitrogens is 1. The number of aliphatic carboxylic acids is 1. The minimum atomic E-state index is -1.02. The zero-order valence-corrected chi connectivity index (χ0v) is 14.8. The molecule has 2 aromatic rings. The highest BCUT2D eigenvalue weighted by atomic mass is 16.4. The number of carboxylic acids is 1. The van der Waals surface area contributed by atoms with Crippen LogP contribution in [-0.2, 0) is 9.59 Å². The normalized spacial score (nSPS) is 17.7. The Labute approximate surface area is 151 Å². The zero-order chi connectivity index (χ0) is 18.7. The van der Waals surface area contributed by atoms with Crippen molar-refractivity contribution in [3.05, 3.63) is 36.0 Å². The molecule has 7 nitrogen and oxygen atoms in total. The van der Waals surface area contributed by atoms with Crippen LogP contribution in [0.3, 0.4) is 0 Å². The SMILES string of the molecule is CC(=O)N(CC(=O)O)C1CCCN(C(=O)c2ccc3[nH]ccc3c2)CC1. The van der Waals surface area contributed by atoms with Gasteiger partial charge in [0, 0.05) is 48.7 Å². The molecule has 26 heavy (non-hydrogen) atoms. The molecular formula is C19H23N3O4. The number of hydrogen-bond acceptors (Lipinski definition) is 3. The van der Waals surface area contributed by atoms with Crippen molar-refractivity contribution in [3.8, 4) is 0 Å². The third kappa shape index (κ3) is 3.87. The number of amides is 2. The van der Waals surface area contributed by atoms with E-state index >= 15 is 0 Å². The van der Waals surface area contributed by atoms with Crippen LogP contribution >= 0.6 is 0 Å². The molecular weight excluding hydrogens is 334 g/mol. The molecule has 1 atom stereocenters. The number of carbonyl (C=O) groups is 3. The van der Waals surface area contributed by atoms with Gasteiger partial charge in [0.25, 0.3) is 5.91 Å². The molecule has 0 bridgehead atoms. The van der Waals surface area contributed by atoms with E-state index in [-0.39, 0.29) is 24.4 Å². The summed E-state index contributed by atoms with van der Waals surface area (Å²) in [7, 11) is 0. The summed E-state index contributed by atoms with van der Waals surface area (Å²) in [6.07, 6.45) is 3.87. The van der Waals surface area contributed by atoms with Crippen molar-refractivity contribution in [1.29, 1.82) is 0 Å². The van der Waals surface area contributed by atoms with Gasteiger partial charge in [0.2, 0.25) is 5.91 Å². The molecule has 0 aliphatic carbocycles. The van der Waals surface area contributed by atoms with Gasteiger partial charge in [-0.3, -0.25) is 14.4 Å². The fourth-order valence-corrected chi connectivity index (χ4v) is 3.61. The highest BCUT2D eigenvalue weighted by Crippen LogP contribution is 2.20. The van der Waals surface area contributed by atoms with Gasteiger partial charge in [-0.25, -0.2) is 0 Å². The van der Waals surface area contributed by atoms with Gasteiger partial charge in [0.15, 0.2) is 0 Å². The first-order valence-corrected chi connectivity index (χ1v) is 8.81. The third-order valence-corrected chi connectivity index (χ3v) is 4.94. The summed E-state index contributed by atoms with van der Waals surface area (Å²) in [5, 5.41) is 10.0. The van der Waals surface area contributed by atoms with E-state index in [0.717, 1.165) is 17.3 Å². The van der Waals surface area contributed by atoms with Crippen molar-refractivity contribution in [2.75, 3.05) is 19.6 Å². The molecule has 138 valence electrons. The second-order valence-corrected chi connectivity index (χ2v) is 6.70. The Kier molecular flexibility index (Phi) is 5.25. The van der Waals surface area contributed by atoms with E-state index in [1.807, 2.05) is 30.5 Å². The number of nitrogens with zero attached hydrogens (tertiary/aromatic N) is 2. The van der Waals surface area contributed by atoms with E-state index < -0.39 is 5.97 Å². The van der Waals surface area contributed by atoms with E-state index in [4.69, 9.17) is 5.11 Å². The quantitative estimate of drug-likeness (QED) is 0.876. The number of likely N-dealkylation sites (tertiary alicyclic amines) is 1. The molecule has 1 aromatic heterocycles. The summed E-state index contributed by atoms with van der Waals surface area (Å²) in [5.74, 6) is -1.28. The average molecular weight is 357 g/mol. The Morgan fingerprint density at radius 1 is 1.23 bits per heavy atom. The van der Waals surface area contributed by atoms with Crippen molar-refractivity contribution in [2.45, 2.75) is 32.2 Å². The number of rotatable bonds is 4. The largest absolute Gasteiger partial charge is 0.480 e. The molecule has 0 spiro atoms. The van der Waals surface area contributed by atoms with Crippen molar-refractivity contribution in [1.82, 2.24) is 14.8 Å². The van der Waals surface area contributed by atoms with Crippen LogP contribution in [0.5, 0.6) is 0 Å². The van der Waals surface area contributed by atoms with E-state index in [0.29, 0.717) is 31.5 Å². The maximum atomic E-state index is 12.8. The number of benzene rings is 1. The number of fused-ring (bicyclic) bond motifs is 1. The van der Waals surface area contributed by atoms with E-state index in [9.17, 15) is 14.4 Å². The van der Waals surface area contributed by atoms with Gasteiger partial charge in [-0.15, -0.1) is 0 Å². The van der Waals surface area contributed by atoms with E-state index in [1.54, 1.807) is 4.90 Å². The minimum Gasteiger partial charge on any atom is -0.480 e. The summed E-state index contributed by atoms with van der Waals surface area (Å²) < 4.78 is 0. The van der Waals surface area contributed by atoms with Gasteiger partial charge >= 0.3 is 5.97 Å². The molecule has 1 aliphatic rings. The maximum Gasteiger partial charge on any atom is 0.323 e. The number of aromatic amines is 1. The molecule has 2 amide bonds. The Hall–Kier alpha value is -2.83. The van der Waals surface area contributed by atoms with Crippen LogP contribution in [-0.4, -0.2) is 63.4 Å². The van der Waals surface area contributed by atoms with Crippen LogP contribution < -0.4 is 0 Å². The summed E-state index contributed by atoms with van der Waals surface area (Å²) >= 11 is 0.